The van der Waals surface area contributed by atoms with Gasteiger partial charge < -0.3 is 14.2 Å². The zero-order valence-corrected chi connectivity index (χ0v) is 14.1. The van der Waals surface area contributed by atoms with Gasteiger partial charge in [-0.2, -0.15) is 0 Å². The van der Waals surface area contributed by atoms with Gasteiger partial charge in [0, 0.05) is 6.61 Å². The summed E-state index contributed by atoms with van der Waals surface area (Å²) in [6, 6.07) is 0. The molecule has 0 aromatic carbocycles. The topological polar surface area (TPSA) is 48.1 Å². The van der Waals surface area contributed by atoms with Gasteiger partial charge >= 0.3 is 5.97 Å². The molecule has 2 fully saturated rings. The third kappa shape index (κ3) is 7.59. The van der Waals surface area contributed by atoms with Gasteiger partial charge in [-0.15, -0.1) is 0 Å². The average Bonchev–Trinajstić information content (AvgIpc) is 3.33. The van der Waals surface area contributed by atoms with Gasteiger partial charge in [0.1, 0.15) is 0 Å². The van der Waals surface area contributed by atoms with Gasteiger partial charge in [0.25, 0.3) is 0 Å². The summed E-state index contributed by atoms with van der Waals surface area (Å²) < 4.78 is 16.1. The molecule has 0 N–H and O–H groups in total. The van der Waals surface area contributed by atoms with Crippen LogP contribution < -0.4 is 0 Å². The fourth-order valence-electron chi connectivity index (χ4n) is 3.10. The number of carbonyl (C=O) groups excluding carboxylic acids is 1. The van der Waals surface area contributed by atoms with Crippen LogP contribution in [0.3, 0.4) is 0 Å². The van der Waals surface area contributed by atoms with E-state index in [1.165, 1.54) is 44.9 Å². The molecule has 3 unspecified atom stereocenters. The maximum absolute atomic E-state index is 11.9. The van der Waals surface area contributed by atoms with Crippen molar-refractivity contribution < 1.29 is 19.0 Å². The number of epoxide rings is 1. The largest absolute Gasteiger partial charge is 0.465 e. The normalized spacial score (nSPS) is 27.6. The van der Waals surface area contributed by atoms with E-state index < -0.39 is 0 Å². The van der Waals surface area contributed by atoms with E-state index in [1.807, 2.05) is 6.92 Å². The molecule has 0 radical (unpaired) electrons. The molecule has 0 spiro atoms. The van der Waals surface area contributed by atoms with E-state index in [-0.39, 0.29) is 18.0 Å². The highest BCUT2D eigenvalue weighted by Crippen LogP contribution is 2.21. The number of esters is 1. The molecule has 2 aliphatic heterocycles. The van der Waals surface area contributed by atoms with Crippen molar-refractivity contribution in [1.29, 1.82) is 0 Å². The molecule has 2 heterocycles. The summed E-state index contributed by atoms with van der Waals surface area (Å²) in [5.74, 6) is 0.0386. The molecule has 4 nitrogen and oxygen atoms in total. The molecular formula is C18H32O4. The molecule has 3 atom stereocenters. The van der Waals surface area contributed by atoms with Gasteiger partial charge in [-0.3, -0.25) is 4.79 Å². The average molecular weight is 312 g/mol. The van der Waals surface area contributed by atoms with Crippen LogP contribution in [0.4, 0.5) is 0 Å². The first-order valence-corrected chi connectivity index (χ1v) is 9.15. The molecule has 2 rings (SSSR count). The first-order chi connectivity index (χ1) is 10.8. The highest BCUT2D eigenvalue weighted by atomic mass is 16.6. The number of rotatable bonds is 11. The Morgan fingerprint density at radius 3 is 2.41 bits per heavy atom. The maximum atomic E-state index is 11.9. The van der Waals surface area contributed by atoms with Gasteiger partial charge in [0.15, 0.2) is 0 Å². The van der Waals surface area contributed by atoms with Crippen LogP contribution in [0.25, 0.3) is 0 Å². The third-order valence-electron chi connectivity index (χ3n) is 4.64. The number of ether oxygens (including phenoxy) is 3. The quantitative estimate of drug-likeness (QED) is 0.330. The highest BCUT2D eigenvalue weighted by Gasteiger charge is 2.26. The molecule has 22 heavy (non-hydrogen) atoms. The SMILES string of the molecule is CC1CC(C(=O)OCCCCCCCCCC2CO2)CCO1. The lowest BCUT2D eigenvalue weighted by atomic mass is 9.96. The van der Waals surface area contributed by atoms with E-state index in [4.69, 9.17) is 14.2 Å². The Morgan fingerprint density at radius 2 is 1.73 bits per heavy atom. The van der Waals surface area contributed by atoms with Crippen LogP contribution in [0.5, 0.6) is 0 Å². The van der Waals surface area contributed by atoms with Crippen LogP contribution in [-0.4, -0.2) is 38.0 Å². The van der Waals surface area contributed by atoms with E-state index in [9.17, 15) is 4.79 Å². The van der Waals surface area contributed by atoms with Crippen LogP contribution in [0.15, 0.2) is 0 Å². The number of unbranched alkanes of at least 4 members (excludes halogenated alkanes) is 6. The standard InChI is InChI=1S/C18H32O4/c1-15-13-16(10-12-20-15)18(19)21-11-8-6-4-2-3-5-7-9-17-14-22-17/h15-17H,2-14H2,1H3. The van der Waals surface area contributed by atoms with Crippen molar-refractivity contribution in [3.05, 3.63) is 0 Å². The smallest absolute Gasteiger partial charge is 0.309 e. The molecule has 0 bridgehead atoms. The van der Waals surface area contributed by atoms with Crippen molar-refractivity contribution in [1.82, 2.24) is 0 Å². The molecule has 2 saturated heterocycles. The molecular weight excluding hydrogens is 280 g/mol. The van der Waals surface area contributed by atoms with Gasteiger partial charge in [-0.05, 0) is 32.6 Å². The summed E-state index contributed by atoms with van der Waals surface area (Å²) in [6.07, 6.45) is 12.4. The fourth-order valence-corrected chi connectivity index (χ4v) is 3.10. The minimum atomic E-state index is -0.0163. The monoisotopic (exact) mass is 312 g/mol. The lowest BCUT2D eigenvalue weighted by molar-refractivity contribution is -0.153. The van der Waals surface area contributed by atoms with Crippen LogP contribution in [-0.2, 0) is 19.0 Å². The molecule has 0 saturated carbocycles. The molecule has 2 aliphatic rings. The van der Waals surface area contributed by atoms with Gasteiger partial charge in [0.2, 0.25) is 0 Å². The highest BCUT2D eigenvalue weighted by molar-refractivity contribution is 5.72. The second-order valence-corrected chi connectivity index (χ2v) is 6.79. The summed E-state index contributed by atoms with van der Waals surface area (Å²) in [5.41, 5.74) is 0. The van der Waals surface area contributed by atoms with Crippen molar-refractivity contribution in [3.8, 4) is 0 Å². The van der Waals surface area contributed by atoms with E-state index in [1.54, 1.807) is 0 Å². The van der Waals surface area contributed by atoms with E-state index in [0.29, 0.717) is 19.3 Å². The minimum absolute atomic E-state index is 0.0163. The molecule has 0 aliphatic carbocycles. The Morgan fingerprint density at radius 1 is 1.05 bits per heavy atom. The Labute approximate surface area is 134 Å². The Kier molecular flexibility index (Phi) is 8.24. The summed E-state index contributed by atoms with van der Waals surface area (Å²) in [7, 11) is 0. The molecule has 4 heteroatoms. The lowest BCUT2D eigenvalue weighted by Gasteiger charge is -2.25. The first-order valence-electron chi connectivity index (χ1n) is 9.15. The Hall–Kier alpha value is -0.610. The second-order valence-electron chi connectivity index (χ2n) is 6.79. The van der Waals surface area contributed by atoms with Gasteiger partial charge in [-0.1, -0.05) is 38.5 Å². The molecule has 0 aromatic rings. The molecule has 0 amide bonds. The molecule has 128 valence electrons. The third-order valence-corrected chi connectivity index (χ3v) is 4.64. The number of hydrogen-bond acceptors (Lipinski definition) is 4. The van der Waals surface area contributed by atoms with Crippen molar-refractivity contribution >= 4 is 5.97 Å². The van der Waals surface area contributed by atoms with Crippen LogP contribution in [0, 0.1) is 5.92 Å². The zero-order valence-electron chi connectivity index (χ0n) is 14.1. The van der Waals surface area contributed by atoms with Crippen molar-refractivity contribution in [2.75, 3.05) is 19.8 Å². The second kappa shape index (κ2) is 10.2. The first kappa shape index (κ1) is 17.7. The predicted octanol–water partition coefficient (Wildman–Crippen LogP) is 3.86. The maximum Gasteiger partial charge on any atom is 0.309 e. The van der Waals surface area contributed by atoms with E-state index in [0.717, 1.165) is 25.9 Å². The number of hydrogen-bond donors (Lipinski definition) is 0. The van der Waals surface area contributed by atoms with Crippen LogP contribution >= 0.6 is 0 Å². The molecule has 0 aromatic heterocycles. The van der Waals surface area contributed by atoms with Crippen molar-refractivity contribution in [3.63, 3.8) is 0 Å². The van der Waals surface area contributed by atoms with Crippen LogP contribution in [0.1, 0.15) is 71.1 Å². The fraction of sp³-hybridized carbons (Fsp3) is 0.944. The number of carbonyl (C=O) groups is 1. The summed E-state index contributed by atoms with van der Waals surface area (Å²) in [4.78, 5) is 11.9. The summed E-state index contributed by atoms with van der Waals surface area (Å²) >= 11 is 0. The van der Waals surface area contributed by atoms with Gasteiger partial charge in [0.05, 0.1) is 31.3 Å². The van der Waals surface area contributed by atoms with Gasteiger partial charge in [-0.25, -0.2) is 0 Å². The Balaban J connectivity index is 1.35. The van der Waals surface area contributed by atoms with E-state index in [2.05, 4.69) is 0 Å². The van der Waals surface area contributed by atoms with Crippen molar-refractivity contribution in [2.24, 2.45) is 5.92 Å². The minimum Gasteiger partial charge on any atom is -0.465 e. The van der Waals surface area contributed by atoms with E-state index >= 15 is 0 Å². The lowest BCUT2D eigenvalue weighted by Crippen LogP contribution is -2.29. The summed E-state index contributed by atoms with van der Waals surface area (Å²) in [5, 5.41) is 0. The predicted molar refractivity (Wildman–Crippen MR) is 85.8 cm³/mol. The van der Waals surface area contributed by atoms with Crippen molar-refractivity contribution in [2.45, 2.75) is 83.3 Å². The zero-order chi connectivity index (χ0) is 15.6. The summed E-state index contributed by atoms with van der Waals surface area (Å²) in [6.45, 7) is 4.29. The Bertz CT molecular complexity index is 314. The van der Waals surface area contributed by atoms with Crippen LogP contribution in [0.2, 0.25) is 0 Å².